The van der Waals surface area contributed by atoms with Gasteiger partial charge in [0.25, 0.3) is 11.8 Å². The van der Waals surface area contributed by atoms with Crippen LogP contribution >= 0.6 is 15.9 Å². The molecule has 0 spiro atoms. The standard InChI is InChI=1S/C25H32BrN3O4/c1-3-29(4-2)14-13-27-24(30)18-7-10-20(11-8-18)28-25(31)19-9-12-23(22(26)16-19)33-17-21-6-5-15-32-21/h7-12,16,21H,3-6,13-15,17H2,1-2H3,(H,27,30)(H,28,31). The monoisotopic (exact) mass is 517 g/mol. The number of likely N-dealkylation sites (N-methyl/N-ethyl adjacent to an activating group) is 1. The summed E-state index contributed by atoms with van der Waals surface area (Å²) >= 11 is 3.48. The zero-order valence-electron chi connectivity index (χ0n) is 19.2. The van der Waals surface area contributed by atoms with Crippen molar-refractivity contribution in [2.24, 2.45) is 0 Å². The van der Waals surface area contributed by atoms with Crippen LogP contribution in [0.3, 0.4) is 0 Å². The van der Waals surface area contributed by atoms with Gasteiger partial charge in [-0.2, -0.15) is 0 Å². The van der Waals surface area contributed by atoms with Crippen LogP contribution in [0.1, 0.15) is 47.4 Å². The van der Waals surface area contributed by atoms with E-state index in [2.05, 4.69) is 45.3 Å². The number of nitrogens with zero attached hydrogens (tertiary/aromatic N) is 1. The molecule has 1 unspecified atom stereocenters. The molecule has 0 radical (unpaired) electrons. The molecule has 1 aliphatic heterocycles. The van der Waals surface area contributed by atoms with Crippen molar-refractivity contribution in [3.05, 3.63) is 58.1 Å². The molecule has 178 valence electrons. The minimum atomic E-state index is -0.238. The maximum Gasteiger partial charge on any atom is 0.255 e. The largest absolute Gasteiger partial charge is 0.490 e. The van der Waals surface area contributed by atoms with E-state index in [-0.39, 0.29) is 17.9 Å². The fourth-order valence-electron chi connectivity index (χ4n) is 3.60. The van der Waals surface area contributed by atoms with Crippen molar-refractivity contribution >= 4 is 33.4 Å². The van der Waals surface area contributed by atoms with Crippen molar-refractivity contribution in [3.63, 3.8) is 0 Å². The lowest BCUT2D eigenvalue weighted by molar-refractivity contribution is 0.0677. The highest BCUT2D eigenvalue weighted by Gasteiger charge is 2.17. The maximum absolute atomic E-state index is 12.6. The molecule has 2 N–H and O–H groups in total. The van der Waals surface area contributed by atoms with E-state index in [1.165, 1.54) is 0 Å². The number of halogens is 1. The van der Waals surface area contributed by atoms with Gasteiger partial charge in [0.15, 0.2) is 0 Å². The van der Waals surface area contributed by atoms with E-state index < -0.39 is 0 Å². The second-order valence-corrected chi connectivity index (χ2v) is 8.76. The van der Waals surface area contributed by atoms with Crippen molar-refractivity contribution in [3.8, 4) is 5.75 Å². The summed E-state index contributed by atoms with van der Waals surface area (Å²) in [5, 5.41) is 5.79. The minimum Gasteiger partial charge on any atom is -0.490 e. The van der Waals surface area contributed by atoms with Gasteiger partial charge in [0.2, 0.25) is 0 Å². The van der Waals surface area contributed by atoms with Crippen molar-refractivity contribution in [1.29, 1.82) is 0 Å². The Bertz CT molecular complexity index is 926. The zero-order chi connectivity index (χ0) is 23.6. The van der Waals surface area contributed by atoms with Gasteiger partial charge in [-0.05, 0) is 84.3 Å². The predicted molar refractivity (Wildman–Crippen MR) is 133 cm³/mol. The molecule has 1 saturated heterocycles. The van der Waals surface area contributed by atoms with Crippen LogP contribution in [0.5, 0.6) is 5.75 Å². The molecule has 1 heterocycles. The average Bonchev–Trinajstić information content (AvgIpc) is 3.35. The minimum absolute atomic E-state index is 0.123. The molecule has 0 bridgehead atoms. The number of carbonyl (C=O) groups excluding carboxylic acids is 2. The zero-order valence-corrected chi connectivity index (χ0v) is 20.8. The van der Waals surface area contributed by atoms with E-state index in [9.17, 15) is 9.59 Å². The summed E-state index contributed by atoms with van der Waals surface area (Å²) in [5.41, 5.74) is 1.68. The molecular formula is C25H32BrN3O4. The molecule has 1 aliphatic rings. The summed E-state index contributed by atoms with van der Waals surface area (Å²) in [6, 6.07) is 12.1. The Kier molecular flexibility index (Phi) is 9.72. The molecule has 2 amide bonds. The number of hydrogen-bond donors (Lipinski definition) is 2. The number of anilines is 1. The van der Waals surface area contributed by atoms with Crippen LogP contribution in [0.25, 0.3) is 0 Å². The predicted octanol–water partition coefficient (Wildman–Crippen LogP) is 4.33. The SMILES string of the molecule is CCN(CC)CCNC(=O)c1ccc(NC(=O)c2ccc(OCC3CCCO3)c(Br)c2)cc1. The van der Waals surface area contributed by atoms with Crippen LogP contribution in [-0.2, 0) is 4.74 Å². The van der Waals surface area contributed by atoms with E-state index in [4.69, 9.17) is 9.47 Å². The quantitative estimate of drug-likeness (QED) is 0.463. The van der Waals surface area contributed by atoms with Crippen molar-refractivity contribution in [2.45, 2.75) is 32.8 Å². The fourth-order valence-corrected chi connectivity index (χ4v) is 4.09. The summed E-state index contributed by atoms with van der Waals surface area (Å²) in [7, 11) is 0. The van der Waals surface area contributed by atoms with Gasteiger partial charge in [-0.25, -0.2) is 0 Å². The van der Waals surface area contributed by atoms with Crippen LogP contribution in [0.4, 0.5) is 5.69 Å². The smallest absolute Gasteiger partial charge is 0.255 e. The molecule has 1 fully saturated rings. The van der Waals surface area contributed by atoms with E-state index in [1.54, 1.807) is 42.5 Å². The third-order valence-electron chi connectivity index (χ3n) is 5.66. The maximum atomic E-state index is 12.6. The van der Waals surface area contributed by atoms with E-state index in [0.717, 1.165) is 39.1 Å². The van der Waals surface area contributed by atoms with Gasteiger partial charge < -0.3 is 25.0 Å². The van der Waals surface area contributed by atoms with E-state index in [1.807, 2.05) is 0 Å². The highest BCUT2D eigenvalue weighted by Crippen LogP contribution is 2.27. The molecule has 3 rings (SSSR count). The van der Waals surface area contributed by atoms with Gasteiger partial charge in [-0.15, -0.1) is 0 Å². The lowest BCUT2D eigenvalue weighted by Gasteiger charge is -2.18. The molecular weight excluding hydrogens is 486 g/mol. The first-order valence-corrected chi connectivity index (χ1v) is 12.2. The Morgan fingerprint density at radius 3 is 2.45 bits per heavy atom. The number of benzene rings is 2. The second kappa shape index (κ2) is 12.7. The molecule has 0 aromatic heterocycles. The van der Waals surface area contributed by atoms with Crippen LogP contribution in [-0.4, -0.2) is 62.2 Å². The van der Waals surface area contributed by atoms with Crippen LogP contribution in [0.2, 0.25) is 0 Å². The number of amides is 2. The van der Waals surface area contributed by atoms with E-state index >= 15 is 0 Å². The molecule has 0 saturated carbocycles. The second-order valence-electron chi connectivity index (χ2n) is 7.91. The molecule has 7 nitrogen and oxygen atoms in total. The Hall–Kier alpha value is -2.42. The number of ether oxygens (including phenoxy) is 2. The fraction of sp³-hybridized carbons (Fsp3) is 0.440. The first-order chi connectivity index (χ1) is 16.0. The normalized spacial score (nSPS) is 15.5. The van der Waals surface area contributed by atoms with Gasteiger partial charge in [0, 0.05) is 36.5 Å². The van der Waals surface area contributed by atoms with Crippen LogP contribution in [0, 0.1) is 0 Å². The number of carbonyl (C=O) groups is 2. The highest BCUT2D eigenvalue weighted by molar-refractivity contribution is 9.10. The molecule has 2 aromatic rings. The number of rotatable bonds is 11. The number of nitrogens with one attached hydrogen (secondary N) is 2. The Balaban J connectivity index is 1.50. The molecule has 8 heteroatoms. The van der Waals surface area contributed by atoms with E-state index in [0.29, 0.717) is 40.2 Å². The van der Waals surface area contributed by atoms with Crippen molar-refractivity contribution in [2.75, 3.05) is 44.7 Å². The molecule has 2 aromatic carbocycles. The molecule has 1 atom stereocenters. The topological polar surface area (TPSA) is 79.9 Å². The highest BCUT2D eigenvalue weighted by atomic mass is 79.9. The summed E-state index contributed by atoms with van der Waals surface area (Å²) < 4.78 is 12.1. The van der Waals surface area contributed by atoms with Gasteiger partial charge in [-0.3, -0.25) is 9.59 Å². The Morgan fingerprint density at radius 1 is 1.09 bits per heavy atom. The van der Waals surface area contributed by atoms with Gasteiger partial charge in [0.1, 0.15) is 12.4 Å². The first-order valence-electron chi connectivity index (χ1n) is 11.5. The molecule has 33 heavy (non-hydrogen) atoms. The lowest BCUT2D eigenvalue weighted by Crippen LogP contribution is -2.34. The van der Waals surface area contributed by atoms with Gasteiger partial charge in [-0.1, -0.05) is 13.8 Å². The third-order valence-corrected chi connectivity index (χ3v) is 6.28. The van der Waals surface area contributed by atoms with Gasteiger partial charge in [0.05, 0.1) is 10.6 Å². The third kappa shape index (κ3) is 7.55. The van der Waals surface area contributed by atoms with Crippen LogP contribution in [0.15, 0.2) is 46.9 Å². The Labute approximate surface area is 204 Å². The number of hydrogen-bond acceptors (Lipinski definition) is 5. The van der Waals surface area contributed by atoms with Crippen molar-refractivity contribution < 1.29 is 19.1 Å². The first kappa shape index (κ1) is 25.2. The summed E-state index contributed by atoms with van der Waals surface area (Å²) in [4.78, 5) is 27.2. The summed E-state index contributed by atoms with van der Waals surface area (Å²) in [6.07, 6.45) is 2.21. The van der Waals surface area contributed by atoms with Crippen LogP contribution < -0.4 is 15.4 Å². The summed E-state index contributed by atoms with van der Waals surface area (Å²) in [6.45, 7) is 8.83. The molecule has 0 aliphatic carbocycles. The van der Waals surface area contributed by atoms with Gasteiger partial charge >= 0.3 is 0 Å². The van der Waals surface area contributed by atoms with Crippen molar-refractivity contribution in [1.82, 2.24) is 10.2 Å². The average molecular weight is 518 g/mol. The summed E-state index contributed by atoms with van der Waals surface area (Å²) in [5.74, 6) is 0.318. The lowest BCUT2D eigenvalue weighted by atomic mass is 10.1. The Morgan fingerprint density at radius 2 is 1.82 bits per heavy atom.